The van der Waals surface area contributed by atoms with Gasteiger partial charge in [0.05, 0.1) is 36.7 Å². The Labute approximate surface area is 402 Å². The highest BCUT2D eigenvalue weighted by molar-refractivity contribution is 5.84. The summed E-state index contributed by atoms with van der Waals surface area (Å²) in [6.45, 7) is 10.1. The van der Waals surface area contributed by atoms with E-state index in [2.05, 4.69) is 39.3 Å². The van der Waals surface area contributed by atoms with Crippen molar-refractivity contribution < 1.29 is 68.2 Å². The number of amides is 3. The van der Waals surface area contributed by atoms with Gasteiger partial charge in [-0.15, -0.1) is 5.10 Å². The third-order valence-electron chi connectivity index (χ3n) is 11.4. The van der Waals surface area contributed by atoms with Gasteiger partial charge in [0.15, 0.2) is 0 Å². The molecule has 69 heavy (non-hydrogen) atoms. The summed E-state index contributed by atoms with van der Waals surface area (Å²) in [5.41, 5.74) is 7.70. The van der Waals surface area contributed by atoms with Crippen LogP contribution in [0.15, 0.2) is 78.1 Å². The van der Waals surface area contributed by atoms with Gasteiger partial charge in [0, 0.05) is 56.8 Å². The van der Waals surface area contributed by atoms with Crippen LogP contribution in [0.4, 0.5) is 4.79 Å². The molecule has 1 fully saturated rings. The van der Waals surface area contributed by atoms with Gasteiger partial charge >= 0.3 is 30.0 Å². The molecule has 10 atom stereocenters. The fraction of sp³-hybridized carbons (Fsp3) is 0.562. The van der Waals surface area contributed by atoms with Crippen LogP contribution in [0.3, 0.4) is 0 Å². The van der Waals surface area contributed by atoms with Crippen molar-refractivity contribution in [3.8, 4) is 0 Å². The molecular weight excluding hydrogens is 899 g/mol. The van der Waals surface area contributed by atoms with Crippen LogP contribution in [-0.2, 0) is 55.9 Å². The van der Waals surface area contributed by atoms with Crippen molar-refractivity contribution in [1.82, 2.24) is 30.9 Å². The predicted octanol–water partition coefficient (Wildman–Crippen LogP) is 3.44. The van der Waals surface area contributed by atoms with Gasteiger partial charge in [-0.1, -0.05) is 78.8 Å². The van der Waals surface area contributed by atoms with Crippen molar-refractivity contribution in [2.24, 2.45) is 17.6 Å². The number of aliphatic carboxylic acids is 3. The molecule has 21 heteroatoms. The number of ether oxygens (including phenoxy) is 3. The quantitative estimate of drug-likeness (QED) is 0.0324. The summed E-state index contributed by atoms with van der Waals surface area (Å²) in [5, 5.41) is 55.4. The Kier molecular flexibility index (Phi) is 24.3. The molecule has 380 valence electrons. The van der Waals surface area contributed by atoms with Gasteiger partial charge in [0.25, 0.3) is 0 Å². The number of aliphatic hydroxyl groups is 1. The van der Waals surface area contributed by atoms with E-state index >= 15 is 0 Å². The minimum absolute atomic E-state index is 0.00968. The second-order valence-corrected chi connectivity index (χ2v) is 17.4. The van der Waals surface area contributed by atoms with Gasteiger partial charge in [0.2, 0.25) is 11.8 Å². The highest BCUT2D eigenvalue weighted by Gasteiger charge is 2.37. The molecule has 1 aromatic heterocycles. The first-order valence-corrected chi connectivity index (χ1v) is 23.1. The second-order valence-electron chi connectivity index (χ2n) is 17.4. The number of hydrogen-bond acceptors (Lipinski definition) is 14. The van der Waals surface area contributed by atoms with Crippen molar-refractivity contribution in [3.05, 3.63) is 83.8 Å². The number of aliphatic hydroxyl groups excluding tert-OH is 1. The predicted molar refractivity (Wildman–Crippen MR) is 251 cm³/mol. The number of carbonyl (C=O) groups excluding carboxylic acids is 4. The molecule has 3 amide bonds. The normalized spacial score (nSPS) is 22.2. The number of rotatable bonds is 29. The average molecular weight is 968 g/mol. The number of cyclic esters (lactones) is 1. The van der Waals surface area contributed by atoms with E-state index in [9.17, 15) is 54.0 Å². The fourth-order valence-corrected chi connectivity index (χ4v) is 7.68. The smallest absolute Gasteiger partial charge is 0.407 e. The number of nitrogens with zero attached hydrogens (tertiary/aromatic N) is 3. The molecule has 21 nitrogen and oxygen atoms in total. The summed E-state index contributed by atoms with van der Waals surface area (Å²) < 4.78 is 18.7. The Morgan fingerprint density at radius 1 is 1.00 bits per heavy atom. The van der Waals surface area contributed by atoms with E-state index in [0.717, 1.165) is 17.6 Å². The number of aromatic nitrogens is 3. The summed E-state index contributed by atoms with van der Waals surface area (Å²) in [7, 11) is 0. The highest BCUT2D eigenvalue weighted by Crippen LogP contribution is 2.29. The monoisotopic (exact) mass is 967 g/mol. The number of esters is 1. The molecule has 3 rings (SSSR count). The van der Waals surface area contributed by atoms with Crippen LogP contribution in [0, 0.1) is 11.8 Å². The topological polar surface area (TPSA) is 321 Å². The molecule has 9 N–H and O–H groups in total. The molecule has 0 spiro atoms. The van der Waals surface area contributed by atoms with Crippen molar-refractivity contribution in [2.75, 3.05) is 6.61 Å². The molecule has 0 radical (unpaired) electrons. The van der Waals surface area contributed by atoms with Crippen LogP contribution in [0.5, 0.6) is 0 Å². The van der Waals surface area contributed by atoms with Gasteiger partial charge in [-0.3, -0.25) is 29.2 Å². The van der Waals surface area contributed by atoms with E-state index in [-0.39, 0.29) is 88.1 Å². The van der Waals surface area contributed by atoms with Crippen LogP contribution >= 0.6 is 0 Å². The minimum atomic E-state index is -1.47. The summed E-state index contributed by atoms with van der Waals surface area (Å²) in [6.07, 6.45) is 18.4. The number of hydrogen-bond donors (Lipinski definition) is 8. The molecule has 0 aliphatic carbocycles. The number of alkyl carbamates (subject to hydrolysis) is 1. The lowest BCUT2D eigenvalue weighted by Crippen LogP contribution is -2.51. The second kappa shape index (κ2) is 29.4. The maximum Gasteiger partial charge on any atom is 0.407 e. The van der Waals surface area contributed by atoms with E-state index in [0.29, 0.717) is 12.1 Å². The summed E-state index contributed by atoms with van der Waals surface area (Å²) in [5.74, 6) is -5.97. The van der Waals surface area contributed by atoms with Crippen LogP contribution in [0.1, 0.15) is 98.1 Å². The SMILES string of the molecule is C/C=C/[C@@H]1O[C@H]([C@@H](/C=C/C=C(\C)C[C@@H](C)/C=C(C)\C=C\[C@H]2CC=CC(=O)O2)NC(=O)OCCc2cn(CCC[C@H](NC(=O)CC[C@H](N[C@@H](CCC(N)=O)C(=O)O)C(=O)O)C(=O)O)nn2)C[C@@H](O)[C@@H]1C. The zero-order valence-electron chi connectivity index (χ0n) is 39.9. The van der Waals surface area contributed by atoms with Crippen LogP contribution in [0.25, 0.3) is 0 Å². The van der Waals surface area contributed by atoms with Crippen LogP contribution in [-0.4, -0.2) is 132 Å². The van der Waals surface area contributed by atoms with Gasteiger partial charge in [-0.2, -0.15) is 0 Å². The number of primary amides is 1. The molecule has 1 saturated heterocycles. The first-order chi connectivity index (χ1) is 32.7. The van der Waals surface area contributed by atoms with E-state index in [1.807, 2.05) is 70.2 Å². The average Bonchev–Trinajstić information content (AvgIpc) is 3.73. The maximum absolute atomic E-state index is 13.2. The van der Waals surface area contributed by atoms with Crippen LogP contribution in [0.2, 0.25) is 0 Å². The highest BCUT2D eigenvalue weighted by atomic mass is 16.6. The van der Waals surface area contributed by atoms with Gasteiger partial charge in [-0.25, -0.2) is 14.4 Å². The lowest BCUT2D eigenvalue weighted by atomic mass is 9.87. The largest absolute Gasteiger partial charge is 0.480 e. The first kappa shape index (κ1) is 56.9. The van der Waals surface area contributed by atoms with E-state index < -0.39 is 78.6 Å². The Morgan fingerprint density at radius 3 is 2.35 bits per heavy atom. The zero-order chi connectivity index (χ0) is 51.0. The van der Waals surface area contributed by atoms with Gasteiger partial charge in [-0.05, 0) is 64.9 Å². The standard InChI is InChI=1S/C48H69N7O14/c1-6-10-40-32(5)39(56)27-41(69-40)35(13-7-11-29(2)25-31(4)26-30(3)16-17-34-12-8-15-44(59)68-34)52-48(66)67-24-22-33-28-55(54-53-33)23-9-14-36(45(60)61)51-43(58)21-19-38(47(64)65)50-37(46(62)63)18-20-42(49)57/h6-8,10-11,13,15-17,26,28,31-32,34-41,50,56H,9,12,14,18-25,27H2,1-5H3,(H2,49,57)(H,51,58)(H,52,66)(H,60,61)(H,62,63)(H,64,65)/b10-6+,13-7+,17-16+,29-11+,30-26-/t31-,32+,34-,35-,36+,37+,38+,39-,40+,41+/m1/s1. The maximum atomic E-state index is 13.2. The Bertz CT molecular complexity index is 2090. The molecule has 2 aliphatic heterocycles. The fourth-order valence-electron chi connectivity index (χ4n) is 7.68. The Morgan fingerprint density at radius 2 is 1.70 bits per heavy atom. The first-order valence-electron chi connectivity index (χ1n) is 23.1. The number of aryl methyl sites for hydroxylation is 1. The summed E-state index contributed by atoms with van der Waals surface area (Å²) in [4.78, 5) is 83.6. The molecule has 3 heterocycles. The number of carbonyl (C=O) groups is 7. The molecule has 0 aromatic carbocycles. The van der Waals surface area contributed by atoms with Gasteiger partial charge in [0.1, 0.15) is 24.2 Å². The molecule has 1 aromatic rings. The van der Waals surface area contributed by atoms with E-state index in [1.165, 1.54) is 10.8 Å². The Hall–Kier alpha value is -6.45. The number of carboxylic acid groups (broad SMARTS) is 3. The van der Waals surface area contributed by atoms with Crippen molar-refractivity contribution in [1.29, 1.82) is 0 Å². The van der Waals surface area contributed by atoms with Gasteiger partial charge < -0.3 is 51.0 Å². The summed E-state index contributed by atoms with van der Waals surface area (Å²) in [6, 6.07) is -4.84. The molecule has 0 unspecified atom stereocenters. The van der Waals surface area contributed by atoms with Crippen LogP contribution < -0.4 is 21.7 Å². The third kappa shape index (κ3) is 21.6. The molecule has 2 aliphatic rings. The van der Waals surface area contributed by atoms with E-state index in [1.54, 1.807) is 12.3 Å². The Balaban J connectivity index is 1.52. The molecule has 0 bridgehead atoms. The lowest BCUT2D eigenvalue weighted by molar-refractivity contribution is -0.144. The third-order valence-corrected chi connectivity index (χ3v) is 11.4. The lowest BCUT2D eigenvalue weighted by Gasteiger charge is -2.39. The number of carboxylic acids is 3. The number of nitrogens with one attached hydrogen (secondary N) is 3. The minimum Gasteiger partial charge on any atom is -0.480 e. The zero-order valence-corrected chi connectivity index (χ0v) is 39.9. The van der Waals surface area contributed by atoms with Crippen molar-refractivity contribution in [2.45, 2.75) is 154 Å². The van der Waals surface area contributed by atoms with E-state index in [4.69, 9.17) is 19.9 Å². The molecule has 0 saturated carbocycles. The van der Waals surface area contributed by atoms with Crippen molar-refractivity contribution in [3.63, 3.8) is 0 Å². The number of allylic oxidation sites excluding steroid dienone is 7. The molecular formula is C48H69N7O14. The van der Waals surface area contributed by atoms with Crippen molar-refractivity contribution >= 4 is 41.8 Å². The number of nitrogens with two attached hydrogens (primary N) is 1. The summed E-state index contributed by atoms with van der Waals surface area (Å²) >= 11 is 0.